The van der Waals surface area contributed by atoms with E-state index in [0.29, 0.717) is 48.9 Å². The maximum absolute atomic E-state index is 14.3. The van der Waals surface area contributed by atoms with E-state index >= 15 is 0 Å². The summed E-state index contributed by atoms with van der Waals surface area (Å²) < 4.78 is 14.3. The highest BCUT2D eigenvalue weighted by atomic mass is 19.1. The predicted molar refractivity (Wildman–Crippen MR) is 142 cm³/mol. The predicted octanol–water partition coefficient (Wildman–Crippen LogP) is 3.09. The minimum absolute atomic E-state index is 0.240. The van der Waals surface area contributed by atoms with Gasteiger partial charge < -0.3 is 25.5 Å². The number of nitrogens with one attached hydrogen (secondary N) is 2. The van der Waals surface area contributed by atoms with Crippen LogP contribution >= 0.6 is 0 Å². The monoisotopic (exact) mass is 508 g/mol. The van der Waals surface area contributed by atoms with Crippen LogP contribution in [-0.2, 0) is 4.79 Å². The third-order valence-electron chi connectivity index (χ3n) is 5.95. The zero-order valence-corrected chi connectivity index (χ0v) is 21.3. The second kappa shape index (κ2) is 13.3. The molecule has 196 valence electrons. The van der Waals surface area contributed by atoms with E-state index in [1.807, 2.05) is 24.0 Å². The van der Waals surface area contributed by atoms with Gasteiger partial charge in [0.2, 0.25) is 12.4 Å². The number of aromatic nitrogens is 2. The van der Waals surface area contributed by atoms with Crippen LogP contribution in [0.15, 0.2) is 54.9 Å². The number of halogens is 1. The molecule has 2 aromatic carbocycles. The normalized spacial score (nSPS) is 13.8. The Kier molecular flexibility index (Phi) is 9.91. The molecule has 0 bridgehead atoms. The highest BCUT2D eigenvalue weighted by Crippen LogP contribution is 2.29. The van der Waals surface area contributed by atoms with Crippen molar-refractivity contribution in [2.45, 2.75) is 19.9 Å². The fraction of sp³-hybridized carbons (Fsp3) is 0.333. The van der Waals surface area contributed by atoms with Crippen LogP contribution in [0.1, 0.15) is 35.8 Å². The van der Waals surface area contributed by atoms with Gasteiger partial charge in [0, 0.05) is 69.0 Å². The van der Waals surface area contributed by atoms with Crippen molar-refractivity contribution in [1.29, 1.82) is 0 Å². The fourth-order valence-electron chi connectivity index (χ4n) is 3.97. The van der Waals surface area contributed by atoms with Crippen LogP contribution in [0.3, 0.4) is 0 Å². The third kappa shape index (κ3) is 7.01. The summed E-state index contributed by atoms with van der Waals surface area (Å²) >= 11 is 0. The van der Waals surface area contributed by atoms with Crippen LogP contribution in [0.4, 0.5) is 16.0 Å². The van der Waals surface area contributed by atoms with Gasteiger partial charge in [-0.25, -0.2) is 14.4 Å². The van der Waals surface area contributed by atoms with E-state index in [1.165, 1.54) is 6.07 Å². The minimum atomic E-state index is -0.358. The second-order valence-corrected chi connectivity index (χ2v) is 8.44. The van der Waals surface area contributed by atoms with Crippen molar-refractivity contribution in [3.63, 3.8) is 0 Å². The molecular weight excluding hydrogens is 475 g/mol. The molecular formula is C27H33FN6O3. The van der Waals surface area contributed by atoms with Crippen LogP contribution in [0.25, 0.3) is 11.1 Å². The van der Waals surface area contributed by atoms with Crippen molar-refractivity contribution in [2.24, 2.45) is 0 Å². The molecule has 1 unspecified atom stereocenters. The van der Waals surface area contributed by atoms with E-state index in [0.717, 1.165) is 17.5 Å². The molecule has 1 atom stereocenters. The number of anilines is 2. The lowest BCUT2D eigenvalue weighted by Crippen LogP contribution is -2.46. The Morgan fingerprint density at radius 1 is 1.11 bits per heavy atom. The number of nitrogens with zero attached hydrogens (tertiary/aromatic N) is 4. The van der Waals surface area contributed by atoms with Crippen molar-refractivity contribution in [3.05, 3.63) is 71.8 Å². The van der Waals surface area contributed by atoms with E-state index in [4.69, 9.17) is 5.11 Å². The molecule has 1 saturated heterocycles. The minimum Gasteiger partial charge on any atom is -0.397 e. The van der Waals surface area contributed by atoms with E-state index in [9.17, 15) is 14.0 Å². The quantitative estimate of drug-likeness (QED) is 0.421. The third-order valence-corrected chi connectivity index (χ3v) is 5.95. The molecule has 1 aliphatic rings. The fourth-order valence-corrected chi connectivity index (χ4v) is 3.97. The summed E-state index contributed by atoms with van der Waals surface area (Å²) in [5, 5.41) is 13.5. The van der Waals surface area contributed by atoms with Crippen molar-refractivity contribution in [2.75, 3.05) is 50.1 Å². The van der Waals surface area contributed by atoms with Gasteiger partial charge in [-0.15, -0.1) is 0 Å². The Balaban J connectivity index is 0.00000121. The molecule has 3 N–H and O–H groups in total. The molecule has 37 heavy (non-hydrogen) atoms. The van der Waals surface area contributed by atoms with Gasteiger partial charge >= 0.3 is 0 Å². The molecule has 0 radical (unpaired) electrons. The Hall–Kier alpha value is -4.05. The molecule has 0 saturated carbocycles. The number of piperazine rings is 1. The van der Waals surface area contributed by atoms with Crippen molar-refractivity contribution >= 4 is 24.0 Å². The summed E-state index contributed by atoms with van der Waals surface area (Å²) in [6.45, 7) is 6.43. The summed E-state index contributed by atoms with van der Waals surface area (Å²) in [5.41, 5.74) is 3.17. The van der Waals surface area contributed by atoms with Crippen LogP contribution in [0.2, 0.25) is 0 Å². The van der Waals surface area contributed by atoms with Crippen LogP contribution in [-0.4, -0.2) is 72.1 Å². The Labute approximate surface area is 216 Å². The number of hydrogen-bond acceptors (Lipinski definition) is 7. The number of rotatable bonds is 7. The van der Waals surface area contributed by atoms with Crippen molar-refractivity contribution in [3.8, 4) is 11.1 Å². The van der Waals surface area contributed by atoms with Crippen LogP contribution in [0, 0.1) is 5.82 Å². The molecule has 0 spiro atoms. The van der Waals surface area contributed by atoms with Gasteiger partial charge in [-0.1, -0.05) is 24.3 Å². The molecule has 10 heteroatoms. The van der Waals surface area contributed by atoms with E-state index in [-0.39, 0.29) is 24.4 Å². The summed E-state index contributed by atoms with van der Waals surface area (Å²) in [5.74, 6) is 0.0664. The average Bonchev–Trinajstić information content (AvgIpc) is 2.93. The van der Waals surface area contributed by atoms with Gasteiger partial charge in [-0.3, -0.25) is 9.59 Å². The second-order valence-electron chi connectivity index (χ2n) is 8.44. The first-order valence-electron chi connectivity index (χ1n) is 12.2. The summed E-state index contributed by atoms with van der Waals surface area (Å²) in [7, 11) is 1.57. The topological polar surface area (TPSA) is 111 Å². The van der Waals surface area contributed by atoms with Gasteiger partial charge in [0.15, 0.2) is 0 Å². The Morgan fingerprint density at radius 2 is 1.76 bits per heavy atom. The van der Waals surface area contributed by atoms with Crippen molar-refractivity contribution in [1.82, 2.24) is 20.2 Å². The van der Waals surface area contributed by atoms with E-state index in [1.54, 1.807) is 55.5 Å². The number of aliphatic hydroxyl groups is 1. The van der Waals surface area contributed by atoms with E-state index < -0.39 is 0 Å². The molecule has 0 aliphatic carbocycles. The van der Waals surface area contributed by atoms with Gasteiger partial charge in [0.05, 0.1) is 11.6 Å². The number of carbonyl (C=O) groups excluding carboxylic acids is 2. The number of aliphatic hydroxyl groups excluding tert-OH is 1. The number of hydrogen-bond donors (Lipinski definition) is 3. The maximum atomic E-state index is 14.3. The van der Waals surface area contributed by atoms with Gasteiger partial charge in [-0.2, -0.15) is 0 Å². The highest BCUT2D eigenvalue weighted by molar-refractivity contribution is 6.00. The van der Waals surface area contributed by atoms with Gasteiger partial charge in [0.25, 0.3) is 5.91 Å². The first kappa shape index (κ1) is 27.5. The zero-order chi connectivity index (χ0) is 26.8. The standard InChI is InChI=1S/C25H27FN6O2.C2H6O/c1-17(20-5-3-4-6-22(20)26)30-23-13-18(7-8-21(23)24(34)27-2)19-14-28-25(29-15-19)32-11-9-31(16-33)10-12-32;1-2-3/h3-8,13-17,30H,9-12H2,1-2H3,(H,27,34);3H,2H2,1H3. The lowest BCUT2D eigenvalue weighted by Gasteiger charge is -2.32. The number of benzene rings is 2. The SMILES string of the molecule is CCO.CNC(=O)c1ccc(-c2cnc(N3CCN(C=O)CC3)nc2)cc1NC(C)c1ccccc1F. The highest BCUT2D eigenvalue weighted by Gasteiger charge is 2.19. The maximum Gasteiger partial charge on any atom is 0.253 e. The van der Waals surface area contributed by atoms with Gasteiger partial charge in [-0.05, 0) is 37.6 Å². The number of amides is 2. The summed E-state index contributed by atoms with van der Waals surface area (Å²) in [6.07, 6.45) is 4.35. The largest absolute Gasteiger partial charge is 0.397 e. The zero-order valence-electron chi connectivity index (χ0n) is 21.3. The van der Waals surface area contributed by atoms with Gasteiger partial charge in [0.1, 0.15) is 5.82 Å². The average molecular weight is 509 g/mol. The molecule has 1 aromatic heterocycles. The molecule has 2 amide bonds. The van der Waals surface area contributed by atoms with Crippen molar-refractivity contribution < 1.29 is 19.1 Å². The molecule has 2 heterocycles. The first-order valence-corrected chi connectivity index (χ1v) is 12.2. The molecule has 1 fully saturated rings. The smallest absolute Gasteiger partial charge is 0.253 e. The van der Waals surface area contributed by atoms with E-state index in [2.05, 4.69) is 20.6 Å². The number of carbonyl (C=O) groups is 2. The van der Waals surface area contributed by atoms with Crippen LogP contribution < -0.4 is 15.5 Å². The lowest BCUT2D eigenvalue weighted by molar-refractivity contribution is -0.118. The first-order chi connectivity index (χ1) is 17.9. The molecule has 1 aliphatic heterocycles. The van der Waals surface area contributed by atoms with Crippen LogP contribution in [0.5, 0.6) is 0 Å². The summed E-state index contributed by atoms with van der Waals surface area (Å²) in [6, 6.07) is 11.6. The Bertz CT molecular complexity index is 1180. The molecule has 9 nitrogen and oxygen atoms in total. The molecule has 3 aromatic rings. The molecule has 4 rings (SSSR count). The Morgan fingerprint density at radius 3 is 2.35 bits per heavy atom. The lowest BCUT2D eigenvalue weighted by atomic mass is 10.0. The summed E-state index contributed by atoms with van der Waals surface area (Å²) in [4.78, 5) is 36.2.